The van der Waals surface area contributed by atoms with Crippen LogP contribution in [0.25, 0.3) is 0 Å². The third-order valence-electron chi connectivity index (χ3n) is 2.87. The Kier molecular flexibility index (Phi) is 5.91. The van der Waals surface area contributed by atoms with Gasteiger partial charge in [0.05, 0.1) is 0 Å². The maximum atomic E-state index is 11.7. The fraction of sp³-hybridized carbons (Fsp3) is 0.833. The van der Waals surface area contributed by atoms with Crippen LogP contribution >= 0.6 is 0 Å². The number of ether oxygens (including phenoxy) is 1. The van der Waals surface area contributed by atoms with Crippen molar-refractivity contribution in [3.05, 3.63) is 0 Å². The number of amides is 2. The third-order valence-corrected chi connectivity index (χ3v) is 2.87. The number of carboxylic acids is 1. The fourth-order valence-corrected chi connectivity index (χ4v) is 1.92. The minimum Gasteiger partial charge on any atom is -0.480 e. The number of rotatable bonds is 5. The minimum absolute atomic E-state index is 0.0762. The number of carboxylic acid groups (broad SMARTS) is 1. The van der Waals surface area contributed by atoms with Crippen LogP contribution in [0.1, 0.15) is 33.1 Å². The molecular formula is C12H22N2O4. The van der Waals surface area contributed by atoms with Gasteiger partial charge in [-0.25, -0.2) is 9.59 Å². The van der Waals surface area contributed by atoms with Gasteiger partial charge in [0.25, 0.3) is 0 Å². The van der Waals surface area contributed by atoms with Crippen molar-refractivity contribution in [2.75, 3.05) is 13.2 Å². The van der Waals surface area contributed by atoms with E-state index in [0.717, 1.165) is 12.8 Å². The van der Waals surface area contributed by atoms with Gasteiger partial charge >= 0.3 is 12.0 Å². The minimum atomic E-state index is -0.995. The van der Waals surface area contributed by atoms with Crippen molar-refractivity contribution < 1.29 is 19.4 Å². The topological polar surface area (TPSA) is 87.7 Å². The molecule has 1 fully saturated rings. The summed E-state index contributed by atoms with van der Waals surface area (Å²) in [5.74, 6) is -0.777. The van der Waals surface area contributed by atoms with Crippen molar-refractivity contribution in [1.82, 2.24) is 10.6 Å². The number of nitrogens with one attached hydrogen (secondary N) is 2. The summed E-state index contributed by atoms with van der Waals surface area (Å²) in [7, 11) is 0. The van der Waals surface area contributed by atoms with E-state index in [0.29, 0.717) is 19.6 Å². The molecule has 18 heavy (non-hydrogen) atoms. The van der Waals surface area contributed by atoms with E-state index in [4.69, 9.17) is 9.84 Å². The van der Waals surface area contributed by atoms with Gasteiger partial charge < -0.3 is 20.5 Å². The van der Waals surface area contributed by atoms with E-state index in [2.05, 4.69) is 10.6 Å². The number of hydrogen-bond donors (Lipinski definition) is 3. The van der Waals surface area contributed by atoms with Crippen LogP contribution in [-0.2, 0) is 9.53 Å². The highest BCUT2D eigenvalue weighted by atomic mass is 16.5. The number of carbonyl (C=O) groups excluding carboxylic acids is 1. The van der Waals surface area contributed by atoms with Crippen LogP contribution in [0.3, 0.4) is 0 Å². The lowest BCUT2D eigenvalue weighted by Gasteiger charge is -2.24. The van der Waals surface area contributed by atoms with E-state index in [1.165, 1.54) is 0 Å². The molecule has 6 heteroatoms. The maximum absolute atomic E-state index is 11.7. The molecule has 0 spiro atoms. The molecule has 104 valence electrons. The molecule has 2 amide bonds. The summed E-state index contributed by atoms with van der Waals surface area (Å²) in [4.78, 5) is 22.7. The van der Waals surface area contributed by atoms with Crippen LogP contribution in [0.4, 0.5) is 4.79 Å². The molecule has 0 bridgehead atoms. The molecule has 0 radical (unpaired) electrons. The number of hydrogen-bond acceptors (Lipinski definition) is 3. The molecule has 1 aliphatic rings. The lowest BCUT2D eigenvalue weighted by molar-refractivity contribution is -0.139. The molecule has 3 N–H and O–H groups in total. The van der Waals surface area contributed by atoms with Gasteiger partial charge in [0.2, 0.25) is 0 Å². The number of urea groups is 1. The molecule has 0 aromatic heterocycles. The van der Waals surface area contributed by atoms with E-state index in [9.17, 15) is 9.59 Å². The van der Waals surface area contributed by atoms with E-state index in [-0.39, 0.29) is 12.0 Å². The Morgan fingerprint density at radius 1 is 1.33 bits per heavy atom. The van der Waals surface area contributed by atoms with Crippen molar-refractivity contribution in [1.29, 1.82) is 0 Å². The van der Waals surface area contributed by atoms with Crippen molar-refractivity contribution in [3.8, 4) is 0 Å². The molecule has 6 nitrogen and oxygen atoms in total. The van der Waals surface area contributed by atoms with Gasteiger partial charge in [-0.1, -0.05) is 13.8 Å². The SMILES string of the molecule is CC(C)C[C@H](NC(=O)NC1CCOCC1)C(=O)O. The lowest BCUT2D eigenvalue weighted by atomic mass is 10.0. The predicted octanol–water partition coefficient (Wildman–Crippen LogP) is 0.964. The summed E-state index contributed by atoms with van der Waals surface area (Å²) in [5.41, 5.74) is 0. The second-order valence-electron chi connectivity index (χ2n) is 5.02. The zero-order chi connectivity index (χ0) is 13.5. The highest BCUT2D eigenvalue weighted by molar-refractivity contribution is 5.82. The Labute approximate surface area is 107 Å². The Morgan fingerprint density at radius 2 is 1.94 bits per heavy atom. The van der Waals surface area contributed by atoms with Crippen molar-refractivity contribution >= 4 is 12.0 Å². The first-order valence-corrected chi connectivity index (χ1v) is 6.36. The number of carbonyl (C=O) groups is 2. The van der Waals surface area contributed by atoms with Gasteiger partial charge in [-0.05, 0) is 25.2 Å². The van der Waals surface area contributed by atoms with Crippen LogP contribution in [0.2, 0.25) is 0 Å². The predicted molar refractivity (Wildman–Crippen MR) is 66.4 cm³/mol. The molecule has 1 heterocycles. The van der Waals surface area contributed by atoms with Gasteiger partial charge in [-0.15, -0.1) is 0 Å². The van der Waals surface area contributed by atoms with E-state index in [1.54, 1.807) is 0 Å². The van der Waals surface area contributed by atoms with Gasteiger partial charge in [-0.3, -0.25) is 0 Å². The molecule has 1 rings (SSSR count). The maximum Gasteiger partial charge on any atom is 0.326 e. The molecule has 1 aliphatic heterocycles. The zero-order valence-electron chi connectivity index (χ0n) is 10.9. The second-order valence-corrected chi connectivity index (χ2v) is 5.02. The first-order chi connectivity index (χ1) is 8.49. The highest BCUT2D eigenvalue weighted by Gasteiger charge is 2.23. The zero-order valence-corrected chi connectivity index (χ0v) is 10.9. The monoisotopic (exact) mass is 258 g/mol. The fourth-order valence-electron chi connectivity index (χ4n) is 1.92. The van der Waals surface area contributed by atoms with Crippen molar-refractivity contribution in [2.24, 2.45) is 5.92 Å². The molecule has 1 atom stereocenters. The normalized spacial score (nSPS) is 18.4. The molecule has 0 saturated carbocycles. The van der Waals surface area contributed by atoms with Crippen LogP contribution in [-0.4, -0.2) is 42.4 Å². The summed E-state index contributed by atoms with van der Waals surface area (Å²) >= 11 is 0. The average molecular weight is 258 g/mol. The molecular weight excluding hydrogens is 236 g/mol. The highest BCUT2D eigenvalue weighted by Crippen LogP contribution is 2.07. The van der Waals surface area contributed by atoms with Crippen LogP contribution < -0.4 is 10.6 Å². The largest absolute Gasteiger partial charge is 0.480 e. The van der Waals surface area contributed by atoms with Crippen molar-refractivity contribution in [3.63, 3.8) is 0 Å². The van der Waals surface area contributed by atoms with Crippen LogP contribution in [0, 0.1) is 5.92 Å². The van der Waals surface area contributed by atoms with Gasteiger partial charge in [0.15, 0.2) is 0 Å². The molecule has 0 unspecified atom stereocenters. The summed E-state index contributed by atoms with van der Waals surface area (Å²) in [6, 6.07) is -1.16. The Hall–Kier alpha value is -1.30. The van der Waals surface area contributed by atoms with E-state index in [1.807, 2.05) is 13.8 Å². The number of aliphatic carboxylic acids is 1. The summed E-state index contributed by atoms with van der Waals surface area (Å²) in [6.07, 6.45) is 1.97. The van der Waals surface area contributed by atoms with Crippen LogP contribution in [0.5, 0.6) is 0 Å². The van der Waals surface area contributed by atoms with Gasteiger partial charge in [0, 0.05) is 19.3 Å². The third kappa shape index (κ3) is 5.35. The van der Waals surface area contributed by atoms with Crippen molar-refractivity contribution in [2.45, 2.75) is 45.2 Å². The molecule has 1 saturated heterocycles. The van der Waals surface area contributed by atoms with Gasteiger partial charge in [-0.2, -0.15) is 0 Å². The molecule has 0 aromatic rings. The van der Waals surface area contributed by atoms with E-state index < -0.39 is 18.0 Å². The second kappa shape index (κ2) is 7.20. The first-order valence-electron chi connectivity index (χ1n) is 6.36. The lowest BCUT2D eigenvalue weighted by Crippen LogP contribution is -2.50. The molecule has 0 aromatic carbocycles. The smallest absolute Gasteiger partial charge is 0.326 e. The van der Waals surface area contributed by atoms with Gasteiger partial charge in [0.1, 0.15) is 6.04 Å². The Balaban J connectivity index is 2.37. The quantitative estimate of drug-likeness (QED) is 0.685. The van der Waals surface area contributed by atoms with E-state index >= 15 is 0 Å². The molecule has 0 aliphatic carbocycles. The average Bonchev–Trinajstić information content (AvgIpc) is 2.28. The summed E-state index contributed by atoms with van der Waals surface area (Å²) in [5, 5.41) is 14.3. The Bertz CT molecular complexity index is 288. The summed E-state index contributed by atoms with van der Waals surface area (Å²) < 4.78 is 5.19. The first kappa shape index (κ1) is 14.8. The summed E-state index contributed by atoms with van der Waals surface area (Å²) in [6.45, 7) is 5.13. The standard InChI is InChI=1S/C12H22N2O4/c1-8(2)7-10(11(15)16)14-12(17)13-9-3-5-18-6-4-9/h8-10H,3-7H2,1-2H3,(H,15,16)(H2,13,14,17)/t10-/m0/s1. The Morgan fingerprint density at radius 3 is 2.44 bits per heavy atom. The van der Waals surface area contributed by atoms with Crippen LogP contribution in [0.15, 0.2) is 0 Å².